The Labute approximate surface area is 330 Å². The van der Waals surface area contributed by atoms with E-state index in [1.165, 1.54) is 70.2 Å². The fraction of sp³-hybridized carbons (Fsp3) is 0.280. The number of fused-ring (bicyclic) bond motifs is 10. The van der Waals surface area contributed by atoms with Gasteiger partial charge in [-0.1, -0.05) is 98.8 Å². The molecular formula is C50H49NO3S. The quantitative estimate of drug-likeness (QED) is 0.152. The van der Waals surface area contributed by atoms with Gasteiger partial charge < -0.3 is 19.1 Å². The fourth-order valence-corrected chi connectivity index (χ4v) is 10.1. The number of rotatable bonds is 7. The van der Waals surface area contributed by atoms with Crippen molar-refractivity contribution in [1.29, 1.82) is 0 Å². The van der Waals surface area contributed by atoms with E-state index in [2.05, 4.69) is 134 Å². The average molecular weight is 744 g/mol. The van der Waals surface area contributed by atoms with E-state index in [1.54, 1.807) is 14.2 Å². The molecule has 6 aromatic rings. The molecule has 5 heteroatoms. The van der Waals surface area contributed by atoms with E-state index in [1.807, 2.05) is 23.9 Å². The second-order valence-corrected chi connectivity index (χ2v) is 16.4. The van der Waals surface area contributed by atoms with E-state index in [9.17, 15) is 0 Å². The summed E-state index contributed by atoms with van der Waals surface area (Å²) in [6, 6.07) is 39.7. The van der Waals surface area contributed by atoms with E-state index < -0.39 is 5.60 Å². The van der Waals surface area contributed by atoms with Gasteiger partial charge in [-0.2, -0.15) is 0 Å². The summed E-state index contributed by atoms with van der Waals surface area (Å²) in [4.78, 5) is 3.46. The molecule has 1 saturated carbocycles. The van der Waals surface area contributed by atoms with E-state index in [0.29, 0.717) is 0 Å². The minimum atomic E-state index is -0.840. The van der Waals surface area contributed by atoms with Crippen LogP contribution in [0.4, 0.5) is 5.69 Å². The summed E-state index contributed by atoms with van der Waals surface area (Å²) in [5.41, 5.74) is 11.4. The highest BCUT2D eigenvalue weighted by atomic mass is 32.2. The molecule has 0 amide bonds. The third-order valence-corrected chi connectivity index (χ3v) is 13.2. The topological polar surface area (TPSA) is 30.9 Å². The van der Waals surface area contributed by atoms with Crippen molar-refractivity contribution in [3.63, 3.8) is 0 Å². The third-order valence-electron chi connectivity index (χ3n) is 12.5. The molecular weight excluding hydrogens is 695 g/mol. The van der Waals surface area contributed by atoms with Crippen molar-refractivity contribution >= 4 is 34.3 Å². The Hall–Kier alpha value is -5.13. The van der Waals surface area contributed by atoms with Gasteiger partial charge in [0.1, 0.15) is 17.2 Å². The van der Waals surface area contributed by atoms with Crippen LogP contribution in [-0.4, -0.2) is 34.6 Å². The number of hydrogen-bond donors (Lipinski definition) is 0. The Morgan fingerprint density at radius 1 is 0.691 bits per heavy atom. The maximum Gasteiger partial charge on any atom is 0.178 e. The number of methoxy groups -OCH3 is 2. The third kappa shape index (κ3) is 5.73. The molecule has 0 aromatic heterocycles. The molecule has 0 N–H and O–H groups in total. The predicted molar refractivity (Wildman–Crippen MR) is 230 cm³/mol. The fourth-order valence-electron chi connectivity index (χ4n) is 9.71. The van der Waals surface area contributed by atoms with Gasteiger partial charge in [0.25, 0.3) is 0 Å². The zero-order chi connectivity index (χ0) is 37.7. The van der Waals surface area contributed by atoms with Crippen LogP contribution >= 0.6 is 11.8 Å². The molecule has 0 bridgehead atoms. The molecule has 1 fully saturated rings. The second-order valence-electron chi connectivity index (χ2n) is 15.6. The molecule has 2 aliphatic carbocycles. The minimum absolute atomic E-state index is 0.108. The maximum absolute atomic E-state index is 7.76. The molecule has 6 aromatic carbocycles. The lowest BCUT2D eigenvalue weighted by Crippen LogP contribution is -2.35. The van der Waals surface area contributed by atoms with Gasteiger partial charge in [0.15, 0.2) is 5.60 Å². The molecule has 55 heavy (non-hydrogen) atoms. The molecule has 1 atom stereocenters. The van der Waals surface area contributed by atoms with E-state index in [-0.39, 0.29) is 5.41 Å². The summed E-state index contributed by atoms with van der Waals surface area (Å²) >= 11 is 1.84. The summed E-state index contributed by atoms with van der Waals surface area (Å²) < 4.78 is 19.6. The maximum atomic E-state index is 7.76. The number of ether oxygens (including phenoxy) is 3. The van der Waals surface area contributed by atoms with Gasteiger partial charge in [0, 0.05) is 57.7 Å². The number of anilines is 1. The lowest BCUT2D eigenvalue weighted by molar-refractivity contribution is 0.163. The molecule has 1 spiro atoms. The van der Waals surface area contributed by atoms with E-state index in [4.69, 9.17) is 14.2 Å². The lowest BCUT2D eigenvalue weighted by atomic mass is 9.67. The highest BCUT2D eigenvalue weighted by Gasteiger charge is 2.48. The minimum Gasteiger partial charge on any atom is -0.497 e. The van der Waals surface area contributed by atoms with Crippen LogP contribution in [0.2, 0.25) is 0 Å². The van der Waals surface area contributed by atoms with Gasteiger partial charge in [-0.15, -0.1) is 11.8 Å². The van der Waals surface area contributed by atoms with Crippen molar-refractivity contribution in [2.24, 2.45) is 0 Å². The molecule has 1 aliphatic heterocycles. The molecule has 9 rings (SSSR count). The molecule has 0 radical (unpaired) electrons. The van der Waals surface area contributed by atoms with Crippen LogP contribution in [0.5, 0.6) is 17.2 Å². The first-order valence-electron chi connectivity index (χ1n) is 19.7. The summed E-state index contributed by atoms with van der Waals surface area (Å²) in [5.74, 6) is 2.57. The summed E-state index contributed by atoms with van der Waals surface area (Å²) in [6.45, 7) is 0. The molecule has 1 heterocycles. The number of thioether (sulfide) groups is 1. The lowest BCUT2D eigenvalue weighted by Gasteiger charge is -2.40. The molecule has 278 valence electrons. The van der Waals surface area contributed by atoms with Gasteiger partial charge in [-0.05, 0) is 107 Å². The zero-order valence-electron chi connectivity index (χ0n) is 32.6. The predicted octanol–water partition coefficient (Wildman–Crippen LogP) is 12.7. The van der Waals surface area contributed by atoms with Crippen LogP contribution in [-0.2, 0) is 11.0 Å². The smallest absolute Gasteiger partial charge is 0.178 e. The van der Waals surface area contributed by atoms with Gasteiger partial charge >= 0.3 is 0 Å². The first-order valence-corrected chi connectivity index (χ1v) is 20.9. The Bertz CT molecular complexity index is 2410. The largest absolute Gasteiger partial charge is 0.497 e. The van der Waals surface area contributed by atoms with Crippen molar-refractivity contribution in [3.05, 3.63) is 143 Å². The second kappa shape index (κ2) is 14.2. The van der Waals surface area contributed by atoms with Crippen LogP contribution in [0, 0.1) is 0 Å². The van der Waals surface area contributed by atoms with Gasteiger partial charge in [-0.25, -0.2) is 0 Å². The zero-order valence-corrected chi connectivity index (χ0v) is 33.4. The Morgan fingerprint density at radius 2 is 1.40 bits per heavy atom. The van der Waals surface area contributed by atoms with Gasteiger partial charge in [-0.3, -0.25) is 0 Å². The van der Waals surface area contributed by atoms with E-state index >= 15 is 0 Å². The van der Waals surface area contributed by atoms with Gasteiger partial charge in [0.05, 0.1) is 14.2 Å². The van der Waals surface area contributed by atoms with Crippen molar-refractivity contribution in [2.75, 3.05) is 39.5 Å². The van der Waals surface area contributed by atoms with Crippen LogP contribution in [0.1, 0.15) is 72.8 Å². The number of nitrogens with zero attached hydrogens (tertiary/aromatic N) is 1. The average Bonchev–Trinajstić information content (AvgIpc) is 3.51. The Morgan fingerprint density at radius 3 is 2.07 bits per heavy atom. The highest BCUT2D eigenvalue weighted by Crippen LogP contribution is 2.62. The van der Waals surface area contributed by atoms with Crippen LogP contribution < -0.4 is 19.1 Å². The van der Waals surface area contributed by atoms with Crippen LogP contribution in [0.15, 0.2) is 120 Å². The highest BCUT2D eigenvalue weighted by molar-refractivity contribution is 7.98. The number of benzene rings is 6. The normalized spacial score (nSPS) is 18.1. The van der Waals surface area contributed by atoms with Crippen molar-refractivity contribution in [2.45, 2.75) is 60.9 Å². The van der Waals surface area contributed by atoms with Crippen LogP contribution in [0.3, 0.4) is 0 Å². The van der Waals surface area contributed by atoms with Crippen molar-refractivity contribution in [3.8, 4) is 39.5 Å². The Kier molecular flexibility index (Phi) is 9.17. The summed E-state index contributed by atoms with van der Waals surface area (Å²) in [7, 11) is 7.66. The molecule has 4 nitrogen and oxygen atoms in total. The summed E-state index contributed by atoms with van der Waals surface area (Å²) in [6.07, 6.45) is 15.5. The van der Waals surface area contributed by atoms with E-state index in [0.717, 1.165) is 63.4 Å². The molecule has 0 saturated heterocycles. The molecule has 1 unspecified atom stereocenters. The van der Waals surface area contributed by atoms with Crippen molar-refractivity contribution < 1.29 is 14.2 Å². The van der Waals surface area contributed by atoms with Crippen LogP contribution in [0.25, 0.3) is 39.1 Å². The standard InChI is InChI=1S/C50H49NO3S/c1-51(2)36-20-18-35(19-21-36)50(34-14-10-9-11-15-34)29-26-40-47-46(39-25-24-38(55-5)30-44(39)49(47)27-12-7-6-8-13-28-49)42-31-41(33-16-22-37(52-3)23-17-33)45(53-4)32-43(42)48(40)54-50/h9-11,14-26,29-32H,6-8,12-13,27-28H2,1-5H3. The SMILES string of the molecule is COc1ccc(-c2cc3c4c(c5c(c3cc2OC)OC(c2ccccc2)(c2ccc(N(C)C)cc2)C=C5)C2(CCCCCCC2)c2cc(SC)ccc2-4)cc1. The Balaban J connectivity index is 1.39. The summed E-state index contributed by atoms with van der Waals surface area (Å²) in [5, 5.41) is 2.28. The van der Waals surface area contributed by atoms with Gasteiger partial charge in [0.2, 0.25) is 0 Å². The monoisotopic (exact) mass is 743 g/mol. The van der Waals surface area contributed by atoms with Crippen molar-refractivity contribution in [1.82, 2.24) is 0 Å². The first-order chi connectivity index (χ1) is 26.9. The number of hydrogen-bond acceptors (Lipinski definition) is 5. The first kappa shape index (κ1) is 35.6. The molecule has 3 aliphatic rings.